The fourth-order valence-electron chi connectivity index (χ4n) is 2.74. The average Bonchev–Trinajstić information content (AvgIpc) is 2.73. The van der Waals surface area contributed by atoms with Crippen LogP contribution in [0.2, 0.25) is 18.1 Å². The van der Waals surface area contributed by atoms with Crippen LogP contribution in [0.25, 0.3) is 0 Å². The van der Waals surface area contributed by atoms with Crippen LogP contribution in [-0.4, -0.2) is 32.2 Å². The first kappa shape index (κ1) is 18.7. The Morgan fingerprint density at radius 1 is 1.22 bits per heavy atom. The molecule has 3 atom stereocenters. The van der Waals surface area contributed by atoms with Gasteiger partial charge in [0.15, 0.2) is 8.32 Å². The van der Waals surface area contributed by atoms with Crippen LogP contribution >= 0.6 is 0 Å². The van der Waals surface area contributed by atoms with Crippen LogP contribution < -0.4 is 0 Å². The van der Waals surface area contributed by atoms with Crippen LogP contribution in [0.3, 0.4) is 0 Å². The van der Waals surface area contributed by atoms with E-state index in [4.69, 9.17) is 9.16 Å². The maximum absolute atomic E-state index is 10.8. The Bertz CT molecular complexity index is 519. The Kier molecular flexibility index (Phi) is 5.12. The lowest BCUT2D eigenvalue weighted by Gasteiger charge is -2.43. The Morgan fingerprint density at radius 3 is 2.30 bits per heavy atom. The maximum Gasteiger partial charge on any atom is 0.192 e. The van der Waals surface area contributed by atoms with E-state index in [1.54, 1.807) is 0 Å². The average molecular weight is 337 g/mol. The summed E-state index contributed by atoms with van der Waals surface area (Å²) in [5.41, 5.74) is 0.787. The molecule has 0 amide bonds. The number of aliphatic hydroxyl groups is 1. The van der Waals surface area contributed by atoms with E-state index in [0.717, 1.165) is 5.56 Å². The Hall–Kier alpha value is -0.683. The van der Waals surface area contributed by atoms with E-state index in [-0.39, 0.29) is 22.7 Å². The molecule has 1 aliphatic heterocycles. The van der Waals surface area contributed by atoms with Gasteiger partial charge < -0.3 is 14.3 Å². The summed E-state index contributed by atoms with van der Waals surface area (Å²) < 4.78 is 12.7. The number of hydrogen-bond acceptors (Lipinski definition) is 3. The minimum absolute atomic E-state index is 0.0985. The van der Waals surface area contributed by atoms with Gasteiger partial charge in [0.25, 0.3) is 0 Å². The number of benzene rings is 1. The van der Waals surface area contributed by atoms with Crippen molar-refractivity contribution >= 4 is 8.32 Å². The first-order valence-electron chi connectivity index (χ1n) is 8.48. The SMILES string of the molecule is CC1(C)CO[C@@H]([C@@H](O)c2ccccc2)[C@@H]1O[Si](C)(C)C(C)(C)C. The molecule has 0 aromatic heterocycles. The summed E-state index contributed by atoms with van der Waals surface area (Å²) in [5.74, 6) is 0. The molecule has 1 fully saturated rings. The normalized spacial score (nSPS) is 26.3. The van der Waals surface area contributed by atoms with Gasteiger partial charge in [-0.2, -0.15) is 0 Å². The highest BCUT2D eigenvalue weighted by Gasteiger charge is 2.51. The molecule has 4 heteroatoms. The molecule has 0 saturated carbocycles. The van der Waals surface area contributed by atoms with Gasteiger partial charge in [0, 0.05) is 5.41 Å². The fraction of sp³-hybridized carbons (Fsp3) is 0.684. The van der Waals surface area contributed by atoms with Crippen LogP contribution in [0.4, 0.5) is 0 Å². The second-order valence-electron chi connectivity index (χ2n) is 8.92. The summed E-state index contributed by atoms with van der Waals surface area (Å²) >= 11 is 0. The van der Waals surface area contributed by atoms with E-state index >= 15 is 0 Å². The van der Waals surface area contributed by atoms with E-state index < -0.39 is 14.4 Å². The zero-order chi connectivity index (χ0) is 17.5. The predicted molar refractivity (Wildman–Crippen MR) is 97.0 cm³/mol. The van der Waals surface area contributed by atoms with E-state index in [1.165, 1.54) is 0 Å². The molecule has 1 aromatic carbocycles. The molecule has 0 aliphatic carbocycles. The predicted octanol–water partition coefficient (Wildman–Crippen LogP) is 4.54. The lowest BCUT2D eigenvalue weighted by Crippen LogP contribution is -2.50. The Labute approximate surface area is 142 Å². The van der Waals surface area contributed by atoms with Crippen LogP contribution in [0.1, 0.15) is 46.3 Å². The molecule has 1 aromatic rings. The number of ether oxygens (including phenoxy) is 1. The molecule has 1 N–H and O–H groups in total. The minimum Gasteiger partial charge on any atom is -0.411 e. The summed E-state index contributed by atoms with van der Waals surface area (Å²) in [6.07, 6.45) is -1.08. The van der Waals surface area contributed by atoms with Gasteiger partial charge in [-0.1, -0.05) is 65.0 Å². The van der Waals surface area contributed by atoms with E-state index in [1.807, 2.05) is 30.3 Å². The van der Waals surface area contributed by atoms with Gasteiger partial charge in [-0.05, 0) is 23.7 Å². The second-order valence-corrected chi connectivity index (χ2v) is 13.7. The van der Waals surface area contributed by atoms with Gasteiger partial charge in [-0.25, -0.2) is 0 Å². The molecule has 130 valence electrons. The quantitative estimate of drug-likeness (QED) is 0.821. The Morgan fingerprint density at radius 2 is 1.78 bits per heavy atom. The van der Waals surface area contributed by atoms with Crippen LogP contribution in [-0.2, 0) is 9.16 Å². The molecule has 23 heavy (non-hydrogen) atoms. The highest BCUT2D eigenvalue weighted by atomic mass is 28.4. The van der Waals surface area contributed by atoms with E-state index in [9.17, 15) is 5.11 Å². The molecule has 0 radical (unpaired) electrons. The molecule has 1 aliphatic rings. The molecule has 0 unspecified atom stereocenters. The third-order valence-corrected chi connectivity index (χ3v) is 9.85. The summed E-state index contributed by atoms with van der Waals surface area (Å²) in [7, 11) is -1.94. The standard InChI is InChI=1S/C19H32O3Si/c1-18(2,3)23(6,7)22-17-16(21-13-19(17,4)5)15(20)14-11-9-8-10-12-14/h8-12,15-17,20H,13H2,1-7H3/t15-,16-,17-/m0/s1. The highest BCUT2D eigenvalue weighted by molar-refractivity contribution is 6.74. The van der Waals surface area contributed by atoms with Gasteiger partial charge in [0.05, 0.1) is 12.7 Å². The first-order chi connectivity index (χ1) is 10.5. The van der Waals surface area contributed by atoms with Gasteiger partial charge >= 0.3 is 0 Å². The van der Waals surface area contributed by atoms with Gasteiger partial charge in [-0.15, -0.1) is 0 Å². The topological polar surface area (TPSA) is 38.7 Å². The lowest BCUT2D eigenvalue weighted by atomic mass is 9.85. The summed E-state index contributed by atoms with van der Waals surface area (Å²) in [5, 5.41) is 11.0. The fourth-order valence-corrected chi connectivity index (χ4v) is 4.18. The van der Waals surface area contributed by atoms with E-state index in [0.29, 0.717) is 6.61 Å². The van der Waals surface area contributed by atoms with Crippen molar-refractivity contribution in [3.63, 3.8) is 0 Å². The maximum atomic E-state index is 10.8. The molecule has 0 spiro atoms. The van der Waals surface area contributed by atoms with Crippen molar-refractivity contribution in [2.24, 2.45) is 5.41 Å². The van der Waals surface area contributed by atoms with Crippen molar-refractivity contribution in [2.75, 3.05) is 6.61 Å². The van der Waals surface area contributed by atoms with Gasteiger partial charge in [-0.3, -0.25) is 0 Å². The van der Waals surface area contributed by atoms with Crippen molar-refractivity contribution in [2.45, 2.75) is 71.1 Å². The monoisotopic (exact) mass is 336 g/mol. The van der Waals surface area contributed by atoms with Gasteiger partial charge in [0.2, 0.25) is 0 Å². The zero-order valence-electron chi connectivity index (χ0n) is 15.6. The molecule has 2 rings (SSSR count). The van der Waals surface area contributed by atoms with Crippen LogP contribution in [0.15, 0.2) is 30.3 Å². The zero-order valence-corrected chi connectivity index (χ0v) is 16.6. The van der Waals surface area contributed by atoms with Crippen molar-refractivity contribution in [3.8, 4) is 0 Å². The number of rotatable bonds is 4. The number of aliphatic hydroxyl groups excluding tert-OH is 1. The van der Waals surface area contributed by atoms with Crippen LogP contribution in [0, 0.1) is 5.41 Å². The highest BCUT2D eigenvalue weighted by Crippen LogP contribution is 2.45. The van der Waals surface area contributed by atoms with E-state index in [2.05, 4.69) is 47.7 Å². The largest absolute Gasteiger partial charge is 0.411 e. The van der Waals surface area contributed by atoms with Gasteiger partial charge in [0.1, 0.15) is 12.2 Å². The number of hydrogen-bond donors (Lipinski definition) is 1. The Balaban J connectivity index is 2.26. The molecular formula is C19H32O3Si. The molecular weight excluding hydrogens is 304 g/mol. The van der Waals surface area contributed by atoms with Crippen LogP contribution in [0.5, 0.6) is 0 Å². The van der Waals surface area contributed by atoms with Crippen molar-refractivity contribution in [3.05, 3.63) is 35.9 Å². The van der Waals surface area contributed by atoms with Crippen molar-refractivity contribution in [1.29, 1.82) is 0 Å². The molecule has 3 nitrogen and oxygen atoms in total. The van der Waals surface area contributed by atoms with Crippen molar-refractivity contribution < 1.29 is 14.3 Å². The van der Waals surface area contributed by atoms with Crippen molar-refractivity contribution in [1.82, 2.24) is 0 Å². The summed E-state index contributed by atoms with van der Waals surface area (Å²) in [4.78, 5) is 0. The summed E-state index contributed by atoms with van der Waals surface area (Å²) in [6.45, 7) is 16.2. The molecule has 0 bridgehead atoms. The minimum atomic E-state index is -1.94. The second kappa shape index (κ2) is 6.32. The smallest absolute Gasteiger partial charge is 0.192 e. The lowest BCUT2D eigenvalue weighted by molar-refractivity contribution is -0.0466. The molecule has 1 heterocycles. The third kappa shape index (κ3) is 3.87. The summed E-state index contributed by atoms with van der Waals surface area (Å²) in [6, 6.07) is 9.75. The first-order valence-corrected chi connectivity index (χ1v) is 11.4. The third-order valence-electron chi connectivity index (χ3n) is 5.40. The molecule has 1 saturated heterocycles.